The summed E-state index contributed by atoms with van der Waals surface area (Å²) in [6.07, 6.45) is 2.85. The van der Waals surface area contributed by atoms with Crippen LogP contribution in [0.5, 0.6) is 0 Å². The molecule has 2 N–H and O–H groups in total. The molecule has 1 heterocycles. The average molecular weight is 325 g/mol. The molecule has 0 aromatic heterocycles. The number of hydrogen-bond acceptors (Lipinski definition) is 4. The summed E-state index contributed by atoms with van der Waals surface area (Å²) >= 11 is 0. The zero-order valence-electron chi connectivity index (χ0n) is 13.2. The van der Waals surface area contributed by atoms with Gasteiger partial charge in [-0.2, -0.15) is 0 Å². The molecule has 0 aliphatic carbocycles. The molecule has 1 amide bonds. The molecule has 1 unspecified atom stereocenters. The summed E-state index contributed by atoms with van der Waals surface area (Å²) < 4.78 is 25.4. The molecule has 6 nitrogen and oxygen atoms in total. The second-order valence-electron chi connectivity index (χ2n) is 5.99. The molecule has 7 heteroatoms. The van der Waals surface area contributed by atoms with Gasteiger partial charge in [-0.15, -0.1) is 0 Å². The van der Waals surface area contributed by atoms with E-state index in [1.807, 2.05) is 6.92 Å². The number of rotatable bonds is 4. The van der Waals surface area contributed by atoms with Crippen molar-refractivity contribution in [3.8, 4) is 0 Å². The fourth-order valence-corrected chi connectivity index (χ4v) is 3.41. The van der Waals surface area contributed by atoms with Crippen LogP contribution < -0.4 is 10.6 Å². The summed E-state index contributed by atoms with van der Waals surface area (Å²) in [4.78, 5) is 12.6. The lowest BCUT2D eigenvalue weighted by molar-refractivity contribution is -0.122. The number of carbonyl (C=O) groups is 1. The summed E-state index contributed by atoms with van der Waals surface area (Å²) in [5.74, 6) is -0.133. The van der Waals surface area contributed by atoms with Crippen molar-refractivity contribution in [1.82, 2.24) is 9.62 Å². The molecule has 0 spiro atoms. The van der Waals surface area contributed by atoms with E-state index in [0.717, 1.165) is 30.1 Å². The van der Waals surface area contributed by atoms with Gasteiger partial charge in [0.15, 0.2) is 0 Å². The number of anilines is 1. The van der Waals surface area contributed by atoms with Gasteiger partial charge in [-0.1, -0.05) is 6.07 Å². The molecule has 0 bridgehead atoms. The van der Waals surface area contributed by atoms with Crippen molar-refractivity contribution in [3.05, 3.63) is 24.3 Å². The van der Waals surface area contributed by atoms with Crippen LogP contribution in [0.1, 0.15) is 26.2 Å². The Morgan fingerprint density at radius 1 is 1.32 bits per heavy atom. The third kappa shape index (κ3) is 3.48. The first-order valence-corrected chi connectivity index (χ1v) is 8.79. The predicted octanol–water partition coefficient (Wildman–Crippen LogP) is 1.41. The van der Waals surface area contributed by atoms with E-state index in [9.17, 15) is 13.2 Å². The van der Waals surface area contributed by atoms with E-state index < -0.39 is 15.6 Å². The Morgan fingerprint density at radius 2 is 2.05 bits per heavy atom. The molecule has 1 saturated heterocycles. The van der Waals surface area contributed by atoms with Crippen LogP contribution in [0.2, 0.25) is 0 Å². The minimum atomic E-state index is -3.51. The van der Waals surface area contributed by atoms with Gasteiger partial charge in [-0.3, -0.25) is 4.79 Å². The third-order valence-corrected chi connectivity index (χ3v) is 5.80. The van der Waals surface area contributed by atoms with Crippen LogP contribution in [-0.2, 0) is 14.8 Å². The van der Waals surface area contributed by atoms with E-state index in [2.05, 4.69) is 10.6 Å². The average Bonchev–Trinajstić information content (AvgIpc) is 2.48. The number of piperidine rings is 1. The van der Waals surface area contributed by atoms with Crippen molar-refractivity contribution >= 4 is 21.6 Å². The first-order chi connectivity index (χ1) is 10.3. The molecule has 0 radical (unpaired) electrons. The van der Waals surface area contributed by atoms with Crippen molar-refractivity contribution in [3.63, 3.8) is 0 Å². The minimum absolute atomic E-state index is 0.133. The van der Waals surface area contributed by atoms with Gasteiger partial charge in [-0.05, 0) is 50.9 Å². The lowest BCUT2D eigenvalue weighted by atomic mass is 9.90. The summed E-state index contributed by atoms with van der Waals surface area (Å²) in [5.41, 5.74) is -0.115. The maximum Gasteiger partial charge on any atom is 0.244 e. The van der Waals surface area contributed by atoms with Gasteiger partial charge >= 0.3 is 0 Å². The van der Waals surface area contributed by atoms with E-state index in [1.54, 1.807) is 12.1 Å². The van der Waals surface area contributed by atoms with Gasteiger partial charge in [-0.25, -0.2) is 12.7 Å². The maximum absolute atomic E-state index is 12.5. The summed E-state index contributed by atoms with van der Waals surface area (Å²) in [7, 11) is -0.549. The largest absolute Gasteiger partial charge is 0.324 e. The lowest BCUT2D eigenvalue weighted by Crippen LogP contribution is -2.54. The number of hydrogen-bond donors (Lipinski definition) is 2. The molecule has 1 aliphatic heterocycles. The van der Waals surface area contributed by atoms with Crippen molar-refractivity contribution in [2.45, 2.75) is 36.6 Å². The fraction of sp³-hybridized carbons (Fsp3) is 0.533. The molecule has 0 saturated carbocycles. The van der Waals surface area contributed by atoms with Crippen LogP contribution in [0.25, 0.3) is 0 Å². The predicted molar refractivity (Wildman–Crippen MR) is 86.2 cm³/mol. The first-order valence-electron chi connectivity index (χ1n) is 7.35. The van der Waals surface area contributed by atoms with Gasteiger partial charge in [0.2, 0.25) is 15.9 Å². The van der Waals surface area contributed by atoms with Crippen LogP contribution >= 0.6 is 0 Å². The topological polar surface area (TPSA) is 78.5 Å². The number of nitrogens with zero attached hydrogens (tertiary/aromatic N) is 1. The van der Waals surface area contributed by atoms with Crippen LogP contribution in [0.15, 0.2) is 29.2 Å². The van der Waals surface area contributed by atoms with E-state index in [-0.39, 0.29) is 10.8 Å². The molecule has 1 atom stereocenters. The Bertz CT molecular complexity index is 650. The van der Waals surface area contributed by atoms with E-state index in [0.29, 0.717) is 5.69 Å². The monoisotopic (exact) mass is 325 g/mol. The Labute approximate surface area is 131 Å². The molecule has 1 aromatic rings. The Hall–Kier alpha value is -1.44. The van der Waals surface area contributed by atoms with Crippen LogP contribution in [-0.4, -0.2) is 44.8 Å². The molecule has 22 heavy (non-hydrogen) atoms. The first kappa shape index (κ1) is 16.9. The normalized spacial score (nSPS) is 22.5. The molecule has 1 aliphatic rings. The zero-order chi connectivity index (χ0) is 16.4. The number of carbonyl (C=O) groups excluding carboxylic acids is 1. The number of benzene rings is 1. The second-order valence-corrected chi connectivity index (χ2v) is 8.14. The smallest absolute Gasteiger partial charge is 0.244 e. The van der Waals surface area contributed by atoms with Gasteiger partial charge in [0.1, 0.15) is 0 Å². The molecule has 2 rings (SSSR count). The van der Waals surface area contributed by atoms with E-state index in [4.69, 9.17) is 0 Å². The SMILES string of the molecule is CN(C)S(=O)(=O)c1cccc(NC(=O)C2(C)CCCCN2)c1. The zero-order valence-corrected chi connectivity index (χ0v) is 14.0. The molecule has 1 aromatic carbocycles. The standard InChI is InChI=1S/C15H23N3O3S/c1-15(9-4-5-10-16-15)14(19)17-12-7-6-8-13(11-12)22(20,21)18(2)3/h6-8,11,16H,4-5,9-10H2,1-3H3,(H,17,19). The summed E-state index contributed by atoms with van der Waals surface area (Å²) in [5, 5.41) is 6.06. The van der Waals surface area contributed by atoms with Crippen molar-refractivity contribution < 1.29 is 13.2 Å². The molecular formula is C15H23N3O3S. The Morgan fingerprint density at radius 3 is 2.64 bits per heavy atom. The fourth-order valence-electron chi connectivity index (χ4n) is 2.46. The highest BCUT2D eigenvalue weighted by molar-refractivity contribution is 7.89. The van der Waals surface area contributed by atoms with E-state index in [1.165, 1.54) is 26.2 Å². The highest BCUT2D eigenvalue weighted by Gasteiger charge is 2.34. The molecular weight excluding hydrogens is 302 g/mol. The lowest BCUT2D eigenvalue weighted by Gasteiger charge is -2.33. The highest BCUT2D eigenvalue weighted by atomic mass is 32.2. The number of nitrogens with one attached hydrogen (secondary N) is 2. The van der Waals surface area contributed by atoms with Crippen molar-refractivity contribution in [1.29, 1.82) is 0 Å². The quantitative estimate of drug-likeness (QED) is 0.877. The van der Waals surface area contributed by atoms with Crippen molar-refractivity contribution in [2.75, 3.05) is 26.0 Å². The number of amides is 1. The van der Waals surface area contributed by atoms with Crippen LogP contribution in [0.4, 0.5) is 5.69 Å². The summed E-state index contributed by atoms with van der Waals surface area (Å²) in [6.45, 7) is 2.70. The highest BCUT2D eigenvalue weighted by Crippen LogP contribution is 2.22. The van der Waals surface area contributed by atoms with Crippen molar-refractivity contribution in [2.24, 2.45) is 0 Å². The van der Waals surface area contributed by atoms with Gasteiger partial charge < -0.3 is 10.6 Å². The minimum Gasteiger partial charge on any atom is -0.324 e. The number of sulfonamides is 1. The summed E-state index contributed by atoms with van der Waals surface area (Å²) in [6, 6.07) is 6.33. The van der Waals surface area contributed by atoms with Gasteiger partial charge in [0, 0.05) is 19.8 Å². The van der Waals surface area contributed by atoms with Gasteiger partial charge in [0.05, 0.1) is 10.4 Å². The molecule has 1 fully saturated rings. The Balaban J connectivity index is 2.19. The van der Waals surface area contributed by atoms with Crippen LogP contribution in [0, 0.1) is 0 Å². The van der Waals surface area contributed by atoms with Gasteiger partial charge in [0.25, 0.3) is 0 Å². The molecule has 122 valence electrons. The van der Waals surface area contributed by atoms with Crippen LogP contribution in [0.3, 0.4) is 0 Å². The third-order valence-electron chi connectivity index (χ3n) is 3.99. The van der Waals surface area contributed by atoms with E-state index >= 15 is 0 Å². The Kier molecular flexibility index (Phi) is 4.89. The maximum atomic E-state index is 12.5. The second kappa shape index (κ2) is 6.36.